The van der Waals surface area contributed by atoms with E-state index in [-0.39, 0.29) is 18.0 Å². The zero-order chi connectivity index (χ0) is 15.2. The van der Waals surface area contributed by atoms with Crippen LogP contribution in [-0.2, 0) is 11.3 Å². The van der Waals surface area contributed by atoms with Crippen LogP contribution >= 0.6 is 0 Å². The van der Waals surface area contributed by atoms with E-state index in [9.17, 15) is 4.39 Å². The standard InChI is InChI=1S/C17H20FNO2/c1-12(19)17(14-6-4-7-15(18)10-14)21-11-13-5-3-8-16(9-13)20-2/h3-10,12,17H,11,19H2,1-2H3. The van der Waals surface area contributed by atoms with Gasteiger partial charge in [-0.2, -0.15) is 0 Å². The van der Waals surface area contributed by atoms with Gasteiger partial charge in [-0.3, -0.25) is 0 Å². The molecule has 0 bridgehead atoms. The molecule has 0 saturated heterocycles. The molecule has 2 aromatic carbocycles. The molecule has 4 heteroatoms. The quantitative estimate of drug-likeness (QED) is 0.886. The summed E-state index contributed by atoms with van der Waals surface area (Å²) in [6.07, 6.45) is -0.355. The van der Waals surface area contributed by atoms with Gasteiger partial charge in [0, 0.05) is 6.04 Å². The topological polar surface area (TPSA) is 44.5 Å². The van der Waals surface area contributed by atoms with Crippen LogP contribution in [0.5, 0.6) is 5.75 Å². The molecule has 0 radical (unpaired) electrons. The highest BCUT2D eigenvalue weighted by atomic mass is 19.1. The Morgan fingerprint density at radius 1 is 1.14 bits per heavy atom. The predicted molar refractivity (Wildman–Crippen MR) is 80.6 cm³/mol. The third-order valence-corrected chi connectivity index (χ3v) is 3.22. The number of hydrogen-bond donors (Lipinski definition) is 1. The molecule has 21 heavy (non-hydrogen) atoms. The molecule has 0 aliphatic rings. The molecule has 2 aromatic rings. The zero-order valence-corrected chi connectivity index (χ0v) is 12.3. The molecule has 2 atom stereocenters. The summed E-state index contributed by atoms with van der Waals surface area (Å²) in [6, 6.07) is 13.7. The van der Waals surface area contributed by atoms with Gasteiger partial charge in [0.1, 0.15) is 11.6 Å². The highest BCUT2D eigenvalue weighted by Gasteiger charge is 2.17. The summed E-state index contributed by atoms with van der Waals surface area (Å²) in [5.74, 6) is 0.488. The Bertz CT molecular complexity index is 587. The summed E-state index contributed by atoms with van der Waals surface area (Å²) >= 11 is 0. The van der Waals surface area contributed by atoms with Crippen LogP contribution in [0.4, 0.5) is 4.39 Å². The molecule has 0 aliphatic carbocycles. The average molecular weight is 289 g/mol. The molecule has 0 heterocycles. The minimum absolute atomic E-state index is 0.239. The molecule has 112 valence electrons. The third kappa shape index (κ3) is 4.28. The van der Waals surface area contributed by atoms with Crippen LogP contribution < -0.4 is 10.5 Å². The Hall–Kier alpha value is -1.91. The highest BCUT2D eigenvalue weighted by molar-refractivity contribution is 5.28. The second-order valence-corrected chi connectivity index (χ2v) is 5.00. The van der Waals surface area contributed by atoms with Gasteiger partial charge in [-0.05, 0) is 42.3 Å². The summed E-state index contributed by atoms with van der Waals surface area (Å²) in [6.45, 7) is 2.24. The number of ether oxygens (including phenoxy) is 2. The average Bonchev–Trinajstić information content (AvgIpc) is 2.47. The van der Waals surface area contributed by atoms with Crippen molar-refractivity contribution in [2.24, 2.45) is 5.73 Å². The lowest BCUT2D eigenvalue weighted by Crippen LogP contribution is -2.27. The van der Waals surface area contributed by atoms with Crippen molar-refractivity contribution < 1.29 is 13.9 Å². The van der Waals surface area contributed by atoms with Gasteiger partial charge in [0.2, 0.25) is 0 Å². The van der Waals surface area contributed by atoms with Gasteiger partial charge in [0.05, 0.1) is 19.8 Å². The Balaban J connectivity index is 2.10. The molecular weight excluding hydrogens is 269 g/mol. The van der Waals surface area contributed by atoms with E-state index in [0.717, 1.165) is 16.9 Å². The van der Waals surface area contributed by atoms with Crippen molar-refractivity contribution in [1.29, 1.82) is 0 Å². The monoisotopic (exact) mass is 289 g/mol. The van der Waals surface area contributed by atoms with E-state index in [1.165, 1.54) is 12.1 Å². The second kappa shape index (κ2) is 7.20. The van der Waals surface area contributed by atoms with Gasteiger partial charge < -0.3 is 15.2 Å². The Kier molecular flexibility index (Phi) is 5.31. The third-order valence-electron chi connectivity index (χ3n) is 3.22. The van der Waals surface area contributed by atoms with Gasteiger partial charge in [0.15, 0.2) is 0 Å². The summed E-state index contributed by atoms with van der Waals surface area (Å²) < 4.78 is 24.4. The minimum Gasteiger partial charge on any atom is -0.497 e. The molecule has 0 amide bonds. The van der Waals surface area contributed by atoms with Crippen molar-refractivity contribution in [3.63, 3.8) is 0 Å². The van der Waals surface area contributed by atoms with Crippen molar-refractivity contribution in [1.82, 2.24) is 0 Å². The largest absolute Gasteiger partial charge is 0.497 e. The van der Waals surface area contributed by atoms with Crippen molar-refractivity contribution >= 4 is 0 Å². The van der Waals surface area contributed by atoms with E-state index in [1.54, 1.807) is 13.2 Å². The lowest BCUT2D eigenvalue weighted by Gasteiger charge is -2.22. The van der Waals surface area contributed by atoms with Crippen molar-refractivity contribution in [3.8, 4) is 5.75 Å². The Morgan fingerprint density at radius 3 is 2.57 bits per heavy atom. The van der Waals surface area contributed by atoms with Gasteiger partial charge in [0.25, 0.3) is 0 Å². The van der Waals surface area contributed by atoms with Crippen molar-refractivity contribution in [2.45, 2.75) is 25.7 Å². The number of nitrogens with two attached hydrogens (primary N) is 1. The molecule has 2 unspecified atom stereocenters. The Morgan fingerprint density at radius 2 is 1.90 bits per heavy atom. The molecule has 0 aliphatic heterocycles. The van der Waals surface area contributed by atoms with Gasteiger partial charge in [-0.15, -0.1) is 0 Å². The maximum atomic E-state index is 13.3. The number of hydrogen-bond acceptors (Lipinski definition) is 3. The number of rotatable bonds is 6. The molecular formula is C17H20FNO2. The predicted octanol–water partition coefficient (Wildman–Crippen LogP) is 3.44. The first kappa shape index (κ1) is 15.5. The zero-order valence-electron chi connectivity index (χ0n) is 12.3. The molecule has 0 fully saturated rings. The van der Waals surface area contributed by atoms with Gasteiger partial charge in [-0.1, -0.05) is 24.3 Å². The van der Waals surface area contributed by atoms with Crippen LogP contribution in [0, 0.1) is 5.82 Å². The van der Waals surface area contributed by atoms with Crippen LogP contribution in [0.3, 0.4) is 0 Å². The summed E-state index contributed by atoms with van der Waals surface area (Å²) in [5.41, 5.74) is 7.69. The van der Waals surface area contributed by atoms with Crippen LogP contribution in [-0.4, -0.2) is 13.2 Å². The molecule has 0 aromatic heterocycles. The van der Waals surface area contributed by atoms with Crippen LogP contribution in [0.1, 0.15) is 24.2 Å². The molecule has 2 N–H and O–H groups in total. The fourth-order valence-electron chi connectivity index (χ4n) is 2.18. The number of halogens is 1. The summed E-state index contributed by atoms with van der Waals surface area (Å²) in [5, 5.41) is 0. The van der Waals surface area contributed by atoms with Crippen molar-refractivity contribution in [2.75, 3.05) is 7.11 Å². The summed E-state index contributed by atoms with van der Waals surface area (Å²) in [4.78, 5) is 0. The SMILES string of the molecule is COc1cccc(COC(c2cccc(F)c2)C(C)N)c1. The number of methoxy groups -OCH3 is 1. The lowest BCUT2D eigenvalue weighted by molar-refractivity contribution is 0.0256. The first-order valence-electron chi connectivity index (χ1n) is 6.85. The van der Waals surface area contributed by atoms with E-state index >= 15 is 0 Å². The summed E-state index contributed by atoms with van der Waals surface area (Å²) in [7, 11) is 1.62. The molecule has 0 saturated carbocycles. The first-order valence-corrected chi connectivity index (χ1v) is 6.85. The van der Waals surface area contributed by atoms with E-state index in [1.807, 2.05) is 37.3 Å². The lowest BCUT2D eigenvalue weighted by atomic mass is 10.0. The second-order valence-electron chi connectivity index (χ2n) is 5.00. The number of benzene rings is 2. The maximum absolute atomic E-state index is 13.3. The fraction of sp³-hybridized carbons (Fsp3) is 0.294. The van der Waals surface area contributed by atoms with E-state index in [4.69, 9.17) is 15.2 Å². The first-order chi connectivity index (χ1) is 10.1. The molecule has 0 spiro atoms. The van der Waals surface area contributed by atoms with Gasteiger partial charge >= 0.3 is 0 Å². The smallest absolute Gasteiger partial charge is 0.123 e. The Labute approximate surface area is 124 Å². The van der Waals surface area contributed by atoms with E-state index in [2.05, 4.69) is 0 Å². The normalized spacial score (nSPS) is 13.7. The highest BCUT2D eigenvalue weighted by Crippen LogP contribution is 2.23. The maximum Gasteiger partial charge on any atom is 0.123 e. The molecule has 3 nitrogen and oxygen atoms in total. The van der Waals surface area contributed by atoms with Crippen molar-refractivity contribution in [3.05, 3.63) is 65.5 Å². The fourth-order valence-corrected chi connectivity index (χ4v) is 2.18. The van der Waals surface area contributed by atoms with E-state index < -0.39 is 0 Å². The van der Waals surface area contributed by atoms with Crippen LogP contribution in [0.25, 0.3) is 0 Å². The molecule has 2 rings (SSSR count). The van der Waals surface area contributed by atoms with Crippen LogP contribution in [0.2, 0.25) is 0 Å². The minimum atomic E-state index is -0.355. The van der Waals surface area contributed by atoms with Gasteiger partial charge in [-0.25, -0.2) is 4.39 Å². The van der Waals surface area contributed by atoms with Crippen LogP contribution in [0.15, 0.2) is 48.5 Å². The van der Waals surface area contributed by atoms with E-state index in [0.29, 0.717) is 6.61 Å².